The van der Waals surface area contributed by atoms with Crippen molar-refractivity contribution in [1.82, 2.24) is 4.72 Å². The molecule has 4 nitrogen and oxygen atoms in total. The Morgan fingerprint density at radius 1 is 1.56 bits per heavy atom. The highest BCUT2D eigenvalue weighted by Gasteiger charge is 2.38. The van der Waals surface area contributed by atoms with Crippen LogP contribution >= 0.6 is 11.3 Å². The maximum Gasteiger partial charge on any atom is 0.250 e. The molecule has 16 heavy (non-hydrogen) atoms. The molecule has 2 atom stereocenters. The average Bonchev–Trinajstić information content (AvgIpc) is 2.81. The minimum absolute atomic E-state index is 0.106. The molecular formula is C10H15NO3S2. The van der Waals surface area contributed by atoms with Crippen LogP contribution in [0.5, 0.6) is 0 Å². The summed E-state index contributed by atoms with van der Waals surface area (Å²) in [4.78, 5) is 0.670. The molecule has 1 fully saturated rings. The summed E-state index contributed by atoms with van der Waals surface area (Å²) in [5, 5.41) is 8.89. The van der Waals surface area contributed by atoms with Gasteiger partial charge < -0.3 is 5.11 Å². The van der Waals surface area contributed by atoms with Gasteiger partial charge in [0.05, 0.1) is 6.61 Å². The van der Waals surface area contributed by atoms with Crippen molar-refractivity contribution in [1.29, 1.82) is 0 Å². The van der Waals surface area contributed by atoms with Crippen LogP contribution in [0, 0.1) is 5.92 Å². The molecule has 1 aliphatic rings. The Bertz CT molecular complexity index is 466. The second kappa shape index (κ2) is 4.44. The average molecular weight is 261 g/mol. The van der Waals surface area contributed by atoms with Gasteiger partial charge in [-0.3, -0.25) is 0 Å². The molecule has 0 aliphatic heterocycles. The summed E-state index contributed by atoms with van der Waals surface area (Å²) in [6.07, 6.45) is 1.95. The van der Waals surface area contributed by atoms with Gasteiger partial charge in [0.15, 0.2) is 0 Å². The third-order valence-corrected chi connectivity index (χ3v) is 5.86. The van der Waals surface area contributed by atoms with Crippen molar-refractivity contribution >= 4 is 21.4 Å². The number of hydrogen-bond donors (Lipinski definition) is 2. The highest BCUT2D eigenvalue weighted by Crippen LogP contribution is 2.35. The predicted molar refractivity (Wildman–Crippen MR) is 62.7 cm³/mol. The molecule has 0 bridgehead atoms. The molecule has 0 amide bonds. The highest BCUT2D eigenvalue weighted by atomic mass is 32.2. The summed E-state index contributed by atoms with van der Waals surface area (Å²) in [5.74, 6) is 0.493. The fourth-order valence-corrected chi connectivity index (χ4v) is 4.24. The van der Waals surface area contributed by atoms with Gasteiger partial charge in [0, 0.05) is 10.9 Å². The Morgan fingerprint density at radius 3 is 2.81 bits per heavy atom. The molecule has 0 radical (unpaired) electrons. The summed E-state index contributed by atoms with van der Waals surface area (Å²) in [6, 6.07) is 3.29. The molecule has 90 valence electrons. The number of thiophene rings is 1. The van der Waals surface area contributed by atoms with Gasteiger partial charge in [0.2, 0.25) is 10.0 Å². The van der Waals surface area contributed by atoms with Crippen LogP contribution in [0.4, 0.5) is 0 Å². The zero-order valence-electron chi connectivity index (χ0n) is 9.01. The number of aliphatic hydroxyl groups is 1. The van der Waals surface area contributed by atoms with Crippen LogP contribution < -0.4 is 4.72 Å². The summed E-state index contributed by atoms with van der Waals surface area (Å²) >= 11 is 1.12. The second-order valence-corrected chi connectivity index (χ2v) is 7.12. The number of nitrogens with one attached hydrogen (secondary N) is 1. The van der Waals surface area contributed by atoms with Crippen molar-refractivity contribution < 1.29 is 13.5 Å². The first kappa shape index (κ1) is 12.0. The minimum atomic E-state index is -3.37. The lowest BCUT2D eigenvalue weighted by atomic mass is 10.3. The normalized spacial score (nSPS) is 24.6. The molecule has 2 rings (SSSR count). The van der Waals surface area contributed by atoms with E-state index in [1.165, 1.54) is 0 Å². The van der Waals surface area contributed by atoms with Crippen molar-refractivity contribution in [2.45, 2.75) is 36.6 Å². The van der Waals surface area contributed by atoms with Gasteiger partial charge in [-0.2, -0.15) is 0 Å². The van der Waals surface area contributed by atoms with Gasteiger partial charge >= 0.3 is 0 Å². The molecule has 0 aromatic carbocycles. The monoisotopic (exact) mass is 261 g/mol. The molecule has 6 heteroatoms. The van der Waals surface area contributed by atoms with Gasteiger partial charge in [-0.05, 0) is 24.5 Å². The van der Waals surface area contributed by atoms with Crippen LogP contribution in [-0.4, -0.2) is 19.6 Å². The van der Waals surface area contributed by atoms with E-state index in [1.54, 1.807) is 12.1 Å². The Hall–Kier alpha value is -0.430. The molecule has 2 N–H and O–H groups in total. The Kier molecular flexibility index (Phi) is 3.34. The first-order chi connectivity index (χ1) is 7.56. The summed E-state index contributed by atoms with van der Waals surface area (Å²) < 4.78 is 26.8. The van der Waals surface area contributed by atoms with E-state index in [4.69, 9.17) is 5.11 Å². The molecule has 1 heterocycles. The quantitative estimate of drug-likeness (QED) is 0.840. The van der Waals surface area contributed by atoms with Crippen LogP contribution in [0.2, 0.25) is 0 Å². The van der Waals surface area contributed by atoms with E-state index in [2.05, 4.69) is 11.6 Å². The van der Waals surface area contributed by atoms with Gasteiger partial charge in [-0.15, -0.1) is 11.3 Å². The number of hydrogen-bond acceptors (Lipinski definition) is 4. The maximum atomic E-state index is 11.9. The van der Waals surface area contributed by atoms with Crippen molar-refractivity contribution in [2.24, 2.45) is 5.92 Å². The molecule has 0 spiro atoms. The third kappa shape index (κ3) is 2.45. The van der Waals surface area contributed by atoms with E-state index in [-0.39, 0.29) is 12.6 Å². The number of rotatable bonds is 5. The van der Waals surface area contributed by atoms with Crippen molar-refractivity contribution in [3.05, 3.63) is 17.0 Å². The van der Waals surface area contributed by atoms with Gasteiger partial charge in [-0.1, -0.05) is 13.3 Å². The molecule has 0 saturated heterocycles. The van der Waals surface area contributed by atoms with Gasteiger partial charge in [-0.25, -0.2) is 13.1 Å². The molecule has 1 aliphatic carbocycles. The molecule has 1 aromatic rings. The van der Waals surface area contributed by atoms with Crippen molar-refractivity contribution in [3.63, 3.8) is 0 Å². The number of sulfonamides is 1. The lowest BCUT2D eigenvalue weighted by Crippen LogP contribution is -2.26. The molecule has 1 aromatic heterocycles. The Balaban J connectivity index is 2.07. The standard InChI is InChI=1S/C10H15NO3S2/c1-2-7-5-9(7)11-16(13,14)10-4-3-8(6-12)15-10/h3-4,7,9,11-12H,2,5-6H2,1H3. The highest BCUT2D eigenvalue weighted by molar-refractivity contribution is 7.91. The van der Waals surface area contributed by atoms with E-state index in [0.29, 0.717) is 15.0 Å². The summed E-state index contributed by atoms with van der Waals surface area (Å²) in [5.41, 5.74) is 0. The Morgan fingerprint density at radius 2 is 2.31 bits per heavy atom. The predicted octanol–water partition coefficient (Wildman–Crippen LogP) is 1.32. The van der Waals surface area contributed by atoms with E-state index in [0.717, 1.165) is 24.2 Å². The lowest BCUT2D eigenvalue weighted by Gasteiger charge is -2.02. The van der Waals surface area contributed by atoms with E-state index < -0.39 is 10.0 Å². The van der Waals surface area contributed by atoms with E-state index in [1.807, 2.05) is 0 Å². The molecular weight excluding hydrogens is 246 g/mol. The van der Waals surface area contributed by atoms with E-state index >= 15 is 0 Å². The SMILES string of the molecule is CCC1CC1NS(=O)(=O)c1ccc(CO)s1. The topological polar surface area (TPSA) is 66.4 Å². The first-order valence-corrected chi connectivity index (χ1v) is 7.58. The van der Waals surface area contributed by atoms with Crippen LogP contribution in [0.15, 0.2) is 16.3 Å². The van der Waals surface area contributed by atoms with Gasteiger partial charge in [0.1, 0.15) is 4.21 Å². The fourth-order valence-electron chi connectivity index (χ4n) is 1.69. The van der Waals surface area contributed by atoms with Crippen LogP contribution in [0.1, 0.15) is 24.6 Å². The lowest BCUT2D eigenvalue weighted by molar-refractivity contribution is 0.285. The minimum Gasteiger partial charge on any atom is -0.391 e. The van der Waals surface area contributed by atoms with Crippen LogP contribution in [0.3, 0.4) is 0 Å². The zero-order valence-corrected chi connectivity index (χ0v) is 10.6. The molecule has 2 unspecified atom stereocenters. The molecule has 1 saturated carbocycles. The van der Waals surface area contributed by atoms with Gasteiger partial charge in [0.25, 0.3) is 0 Å². The number of aliphatic hydroxyl groups excluding tert-OH is 1. The maximum absolute atomic E-state index is 11.9. The summed E-state index contributed by atoms with van der Waals surface area (Å²) in [7, 11) is -3.37. The Labute approximate surface area is 99.4 Å². The van der Waals surface area contributed by atoms with Crippen molar-refractivity contribution in [3.8, 4) is 0 Å². The fraction of sp³-hybridized carbons (Fsp3) is 0.600. The van der Waals surface area contributed by atoms with Crippen molar-refractivity contribution in [2.75, 3.05) is 0 Å². The third-order valence-electron chi connectivity index (χ3n) is 2.81. The smallest absolute Gasteiger partial charge is 0.250 e. The van der Waals surface area contributed by atoms with Crippen LogP contribution in [0.25, 0.3) is 0 Å². The van der Waals surface area contributed by atoms with Crippen LogP contribution in [-0.2, 0) is 16.6 Å². The first-order valence-electron chi connectivity index (χ1n) is 5.28. The zero-order chi connectivity index (χ0) is 11.8. The second-order valence-electron chi connectivity index (χ2n) is 4.01. The summed E-state index contributed by atoms with van der Waals surface area (Å²) in [6.45, 7) is 1.95. The van der Waals surface area contributed by atoms with E-state index in [9.17, 15) is 8.42 Å². The largest absolute Gasteiger partial charge is 0.391 e.